The number of amides is 1. The van der Waals surface area contributed by atoms with Gasteiger partial charge < -0.3 is 25.2 Å². The van der Waals surface area contributed by atoms with Gasteiger partial charge in [0.2, 0.25) is 0 Å². The van der Waals surface area contributed by atoms with Crippen molar-refractivity contribution in [2.45, 2.75) is 52.7 Å². The molecule has 0 aliphatic carbocycles. The molecule has 25 heavy (non-hydrogen) atoms. The predicted octanol–water partition coefficient (Wildman–Crippen LogP) is 2.12. The molecule has 1 rings (SSSR count). The minimum absolute atomic E-state index is 0. The number of hydrogen-bond acceptors (Lipinski definition) is 4. The van der Waals surface area contributed by atoms with Crippen LogP contribution in [-0.2, 0) is 4.74 Å². The van der Waals surface area contributed by atoms with Crippen molar-refractivity contribution in [2.75, 3.05) is 46.3 Å². The minimum Gasteiger partial charge on any atom is -0.444 e. The summed E-state index contributed by atoms with van der Waals surface area (Å²) in [5, 5.41) is 6.29. The lowest BCUT2D eigenvalue weighted by molar-refractivity contribution is 0.0507. The maximum Gasteiger partial charge on any atom is 0.407 e. The SMILES string of the molecule is CCNC(=NCCN(C)CC)N1CCC(NC(=O)OC(C)(C)C)C1.I. The lowest BCUT2D eigenvalue weighted by atomic mass is 10.2. The Morgan fingerprint density at radius 1 is 1.36 bits per heavy atom. The molecule has 0 spiro atoms. The van der Waals surface area contributed by atoms with Gasteiger partial charge in [-0.25, -0.2) is 4.79 Å². The summed E-state index contributed by atoms with van der Waals surface area (Å²) in [4.78, 5) is 21.0. The van der Waals surface area contributed by atoms with E-state index in [2.05, 4.69) is 41.3 Å². The van der Waals surface area contributed by atoms with Gasteiger partial charge in [0.1, 0.15) is 5.60 Å². The van der Waals surface area contributed by atoms with Crippen LogP contribution in [0.25, 0.3) is 0 Å². The van der Waals surface area contributed by atoms with Crippen molar-refractivity contribution in [3.05, 3.63) is 0 Å². The molecule has 8 heteroatoms. The molecule has 0 aromatic rings. The van der Waals surface area contributed by atoms with Crippen molar-refractivity contribution in [2.24, 2.45) is 4.99 Å². The second-order valence-electron chi connectivity index (χ2n) is 7.21. The molecule has 1 atom stereocenters. The van der Waals surface area contributed by atoms with Gasteiger partial charge in [0, 0.05) is 26.2 Å². The first kappa shape index (κ1) is 24.2. The molecule has 1 aliphatic heterocycles. The first-order valence-corrected chi connectivity index (χ1v) is 8.96. The number of hydrogen-bond donors (Lipinski definition) is 2. The van der Waals surface area contributed by atoms with E-state index >= 15 is 0 Å². The first-order chi connectivity index (χ1) is 11.2. The quantitative estimate of drug-likeness (QED) is 0.355. The van der Waals surface area contributed by atoms with Crippen LogP contribution in [-0.4, -0.2) is 79.8 Å². The summed E-state index contributed by atoms with van der Waals surface area (Å²) in [5.74, 6) is 0.926. The highest BCUT2D eigenvalue weighted by Gasteiger charge is 2.27. The first-order valence-electron chi connectivity index (χ1n) is 8.96. The van der Waals surface area contributed by atoms with E-state index in [0.29, 0.717) is 0 Å². The summed E-state index contributed by atoms with van der Waals surface area (Å²) in [5.41, 5.74) is -0.468. The van der Waals surface area contributed by atoms with Crippen LogP contribution in [0.5, 0.6) is 0 Å². The average molecular weight is 469 g/mol. The molecule has 0 radical (unpaired) electrons. The number of alkyl carbamates (subject to hydrolysis) is 1. The number of aliphatic imine (C=N–C) groups is 1. The molecule has 7 nitrogen and oxygen atoms in total. The van der Waals surface area contributed by atoms with Gasteiger partial charge >= 0.3 is 6.09 Å². The fourth-order valence-corrected chi connectivity index (χ4v) is 2.46. The number of nitrogens with one attached hydrogen (secondary N) is 2. The number of halogens is 1. The van der Waals surface area contributed by atoms with Crippen LogP contribution in [0.3, 0.4) is 0 Å². The zero-order chi connectivity index (χ0) is 18.2. The van der Waals surface area contributed by atoms with E-state index < -0.39 is 5.60 Å². The smallest absolute Gasteiger partial charge is 0.407 e. The molecule has 0 saturated carbocycles. The normalized spacial score (nSPS) is 18.1. The van der Waals surface area contributed by atoms with Crippen LogP contribution in [0.1, 0.15) is 41.0 Å². The Kier molecular flexibility index (Phi) is 11.4. The summed E-state index contributed by atoms with van der Waals surface area (Å²) in [6.45, 7) is 15.0. The van der Waals surface area contributed by atoms with Crippen LogP contribution in [0.15, 0.2) is 4.99 Å². The minimum atomic E-state index is -0.468. The van der Waals surface area contributed by atoms with E-state index in [0.717, 1.165) is 51.6 Å². The van der Waals surface area contributed by atoms with Crippen molar-refractivity contribution in [3.63, 3.8) is 0 Å². The zero-order valence-corrected chi connectivity index (χ0v) is 18.9. The number of guanidine groups is 1. The van der Waals surface area contributed by atoms with Crippen molar-refractivity contribution in [1.82, 2.24) is 20.4 Å². The van der Waals surface area contributed by atoms with Gasteiger partial charge in [-0.1, -0.05) is 6.92 Å². The maximum absolute atomic E-state index is 11.9. The van der Waals surface area contributed by atoms with Crippen LogP contribution in [0, 0.1) is 0 Å². The van der Waals surface area contributed by atoms with Gasteiger partial charge in [0.15, 0.2) is 5.96 Å². The molecule has 1 saturated heterocycles. The summed E-state index contributed by atoms with van der Waals surface area (Å²) in [6, 6.07) is 0.0991. The summed E-state index contributed by atoms with van der Waals surface area (Å²) in [7, 11) is 2.10. The molecule has 148 valence electrons. The molecule has 2 N–H and O–H groups in total. The fourth-order valence-electron chi connectivity index (χ4n) is 2.46. The van der Waals surface area contributed by atoms with Crippen LogP contribution < -0.4 is 10.6 Å². The van der Waals surface area contributed by atoms with Crippen molar-refractivity contribution in [3.8, 4) is 0 Å². The Bertz CT molecular complexity index is 426. The van der Waals surface area contributed by atoms with Gasteiger partial charge in [0.25, 0.3) is 0 Å². The van der Waals surface area contributed by atoms with E-state index in [9.17, 15) is 4.79 Å². The highest BCUT2D eigenvalue weighted by atomic mass is 127. The molecule has 1 unspecified atom stereocenters. The number of carbonyl (C=O) groups excluding carboxylic acids is 1. The van der Waals surface area contributed by atoms with Gasteiger partial charge in [-0.05, 0) is 47.7 Å². The standard InChI is InChI=1S/C17H35N5O2.HI/c1-7-18-15(19-10-12-21(6)8-2)22-11-9-14(13-22)20-16(23)24-17(3,4)5;/h14H,7-13H2,1-6H3,(H,18,19)(H,20,23);1H. The number of likely N-dealkylation sites (N-methyl/N-ethyl adjacent to an activating group) is 1. The molecule has 0 aromatic carbocycles. The third-order valence-electron chi connectivity index (χ3n) is 3.83. The summed E-state index contributed by atoms with van der Waals surface area (Å²) >= 11 is 0. The topological polar surface area (TPSA) is 69.2 Å². The summed E-state index contributed by atoms with van der Waals surface area (Å²) < 4.78 is 5.33. The molecular formula is C17H36IN5O2. The number of likely N-dealkylation sites (tertiary alicyclic amines) is 1. The Morgan fingerprint density at radius 2 is 2.04 bits per heavy atom. The molecule has 0 aromatic heterocycles. The van der Waals surface area contributed by atoms with Gasteiger partial charge in [-0.15, -0.1) is 24.0 Å². The molecular weight excluding hydrogens is 433 g/mol. The Labute approximate surface area is 170 Å². The van der Waals surface area contributed by atoms with E-state index in [1.54, 1.807) is 0 Å². The molecule has 1 aliphatic rings. The Balaban J connectivity index is 0.00000576. The monoisotopic (exact) mass is 469 g/mol. The van der Waals surface area contributed by atoms with Gasteiger partial charge in [-0.2, -0.15) is 0 Å². The van der Waals surface area contributed by atoms with Crippen molar-refractivity contribution in [1.29, 1.82) is 0 Å². The number of nitrogens with zero attached hydrogens (tertiary/aromatic N) is 3. The molecule has 1 fully saturated rings. The van der Waals surface area contributed by atoms with E-state index in [1.807, 2.05) is 20.8 Å². The van der Waals surface area contributed by atoms with Crippen LogP contribution in [0.4, 0.5) is 4.79 Å². The average Bonchev–Trinajstić information content (AvgIpc) is 2.92. The second-order valence-corrected chi connectivity index (χ2v) is 7.21. The highest BCUT2D eigenvalue weighted by Crippen LogP contribution is 2.12. The van der Waals surface area contributed by atoms with Gasteiger partial charge in [0.05, 0.1) is 12.6 Å². The van der Waals surface area contributed by atoms with Crippen LogP contribution in [0.2, 0.25) is 0 Å². The largest absolute Gasteiger partial charge is 0.444 e. The Hall–Kier alpha value is -0.770. The summed E-state index contributed by atoms with van der Waals surface area (Å²) in [6.07, 6.45) is 0.555. The molecule has 1 heterocycles. The molecule has 0 bridgehead atoms. The fraction of sp³-hybridized carbons (Fsp3) is 0.882. The second kappa shape index (κ2) is 11.8. The Morgan fingerprint density at radius 3 is 2.60 bits per heavy atom. The lowest BCUT2D eigenvalue weighted by Crippen LogP contribution is -2.44. The van der Waals surface area contributed by atoms with Crippen molar-refractivity contribution >= 4 is 36.0 Å². The lowest BCUT2D eigenvalue weighted by Gasteiger charge is -2.23. The highest BCUT2D eigenvalue weighted by molar-refractivity contribution is 14.0. The molecule has 1 amide bonds. The third kappa shape index (κ3) is 10.1. The predicted molar refractivity (Wildman–Crippen MR) is 114 cm³/mol. The van der Waals surface area contributed by atoms with E-state index in [4.69, 9.17) is 9.73 Å². The number of carbonyl (C=O) groups is 1. The zero-order valence-electron chi connectivity index (χ0n) is 16.6. The van der Waals surface area contributed by atoms with E-state index in [-0.39, 0.29) is 36.1 Å². The van der Waals surface area contributed by atoms with Crippen molar-refractivity contribution < 1.29 is 9.53 Å². The van der Waals surface area contributed by atoms with Crippen LogP contribution >= 0.6 is 24.0 Å². The van der Waals surface area contributed by atoms with Gasteiger partial charge in [-0.3, -0.25) is 4.99 Å². The number of ether oxygens (including phenoxy) is 1. The number of rotatable bonds is 6. The van der Waals surface area contributed by atoms with E-state index in [1.165, 1.54) is 0 Å². The third-order valence-corrected chi connectivity index (χ3v) is 3.83. The maximum atomic E-state index is 11.9.